The Kier molecular flexibility index (Phi) is 4.33. The fourth-order valence-corrected chi connectivity index (χ4v) is 3.41. The van der Waals surface area contributed by atoms with E-state index in [9.17, 15) is 4.79 Å². The van der Waals surface area contributed by atoms with E-state index in [2.05, 4.69) is 15.4 Å². The molecule has 0 bridgehead atoms. The molecule has 0 fully saturated rings. The molecule has 4 aromatic rings. The van der Waals surface area contributed by atoms with Crippen molar-refractivity contribution in [2.45, 2.75) is 6.92 Å². The molecule has 0 saturated heterocycles. The van der Waals surface area contributed by atoms with E-state index in [0.717, 1.165) is 22.6 Å². The summed E-state index contributed by atoms with van der Waals surface area (Å²) in [5.74, 6) is -0.210. The summed E-state index contributed by atoms with van der Waals surface area (Å²) >= 11 is 1.41. The molecular weight excluding hydrogens is 344 g/mol. The summed E-state index contributed by atoms with van der Waals surface area (Å²) in [5, 5.41) is 9.72. The van der Waals surface area contributed by atoms with Crippen LogP contribution in [0.2, 0.25) is 0 Å². The first-order valence-electron chi connectivity index (χ1n) is 8.15. The Balaban J connectivity index is 1.55. The van der Waals surface area contributed by atoms with Crippen LogP contribution in [0.25, 0.3) is 16.9 Å². The highest BCUT2D eigenvalue weighted by Gasteiger charge is 2.16. The van der Waals surface area contributed by atoms with Gasteiger partial charge in [-0.25, -0.2) is 9.67 Å². The Hall–Kier alpha value is -3.25. The van der Waals surface area contributed by atoms with E-state index < -0.39 is 0 Å². The fraction of sp³-hybridized carbons (Fsp3) is 0.0500. The first kappa shape index (κ1) is 16.2. The number of carbonyl (C=O) groups is 1. The van der Waals surface area contributed by atoms with Gasteiger partial charge in [-0.2, -0.15) is 5.10 Å². The molecule has 0 spiro atoms. The van der Waals surface area contributed by atoms with Gasteiger partial charge in [0.05, 0.1) is 28.8 Å². The number of rotatable bonds is 4. The van der Waals surface area contributed by atoms with Crippen molar-refractivity contribution in [1.82, 2.24) is 14.8 Å². The van der Waals surface area contributed by atoms with Gasteiger partial charge in [-0.3, -0.25) is 10.1 Å². The Bertz CT molecular complexity index is 1040. The van der Waals surface area contributed by atoms with Gasteiger partial charge in [0.1, 0.15) is 0 Å². The number of anilines is 1. The maximum Gasteiger partial charge on any atom is 0.260 e. The Morgan fingerprint density at radius 2 is 1.73 bits per heavy atom. The van der Waals surface area contributed by atoms with Crippen LogP contribution in [0.3, 0.4) is 0 Å². The lowest BCUT2D eigenvalue weighted by molar-refractivity contribution is 0.102. The lowest BCUT2D eigenvalue weighted by atomic mass is 10.2. The number of carbonyl (C=O) groups excluding carboxylic acids is 1. The smallest absolute Gasteiger partial charge is 0.260 e. The molecule has 4 rings (SSSR count). The Morgan fingerprint density at radius 3 is 2.46 bits per heavy atom. The molecule has 6 heteroatoms. The molecule has 2 heterocycles. The number of aromatic nitrogens is 3. The molecule has 128 valence electrons. The molecule has 2 aromatic heterocycles. The van der Waals surface area contributed by atoms with Crippen LogP contribution in [0.4, 0.5) is 5.13 Å². The summed E-state index contributed by atoms with van der Waals surface area (Å²) in [6, 6.07) is 19.6. The SMILES string of the molecule is Cc1c(C(=O)Nc2nc(-c3ccccc3)cs2)cnn1-c1ccccc1. The summed E-state index contributed by atoms with van der Waals surface area (Å²) in [4.78, 5) is 17.1. The third-order valence-corrected chi connectivity index (χ3v) is 4.81. The summed E-state index contributed by atoms with van der Waals surface area (Å²) in [5.41, 5.74) is 4.11. The molecule has 0 saturated carbocycles. The second kappa shape index (κ2) is 6.93. The van der Waals surface area contributed by atoms with Gasteiger partial charge in [-0.05, 0) is 19.1 Å². The molecule has 0 unspecified atom stereocenters. The zero-order chi connectivity index (χ0) is 17.9. The second-order valence-corrected chi connectivity index (χ2v) is 6.61. The zero-order valence-electron chi connectivity index (χ0n) is 14.1. The largest absolute Gasteiger partial charge is 0.298 e. The predicted octanol–water partition coefficient (Wildman–Crippen LogP) is 4.56. The number of benzene rings is 2. The van der Waals surface area contributed by atoms with Crippen molar-refractivity contribution in [3.8, 4) is 16.9 Å². The van der Waals surface area contributed by atoms with E-state index in [4.69, 9.17) is 0 Å². The third-order valence-electron chi connectivity index (χ3n) is 4.05. The standard InChI is InChI=1S/C20H16N4OS/c1-14-17(12-21-24(14)16-10-6-3-7-11-16)19(25)23-20-22-18(13-26-20)15-8-4-2-5-9-15/h2-13H,1H3,(H,22,23,25). The summed E-state index contributed by atoms with van der Waals surface area (Å²) < 4.78 is 1.76. The Labute approximate surface area is 155 Å². The van der Waals surface area contributed by atoms with Crippen LogP contribution in [-0.4, -0.2) is 20.7 Å². The Morgan fingerprint density at radius 1 is 1.04 bits per heavy atom. The number of amides is 1. The van der Waals surface area contributed by atoms with Gasteiger partial charge in [0.15, 0.2) is 5.13 Å². The zero-order valence-corrected chi connectivity index (χ0v) is 14.9. The quantitative estimate of drug-likeness (QED) is 0.580. The summed E-state index contributed by atoms with van der Waals surface area (Å²) in [6.45, 7) is 1.88. The van der Waals surface area contributed by atoms with E-state index in [-0.39, 0.29) is 5.91 Å². The summed E-state index contributed by atoms with van der Waals surface area (Å²) in [6.07, 6.45) is 1.59. The molecule has 0 aliphatic carbocycles. The molecule has 0 radical (unpaired) electrons. The van der Waals surface area contributed by atoms with Crippen molar-refractivity contribution >= 4 is 22.4 Å². The van der Waals surface area contributed by atoms with E-state index >= 15 is 0 Å². The third kappa shape index (κ3) is 3.14. The van der Waals surface area contributed by atoms with Gasteiger partial charge in [-0.1, -0.05) is 48.5 Å². The number of para-hydroxylation sites is 1. The maximum absolute atomic E-state index is 12.6. The minimum Gasteiger partial charge on any atom is -0.298 e. The van der Waals surface area contributed by atoms with Crippen molar-refractivity contribution in [3.63, 3.8) is 0 Å². The lowest BCUT2D eigenvalue weighted by Gasteiger charge is -2.05. The summed E-state index contributed by atoms with van der Waals surface area (Å²) in [7, 11) is 0. The molecule has 5 nitrogen and oxygen atoms in total. The van der Waals surface area contributed by atoms with E-state index in [1.165, 1.54) is 11.3 Å². The molecule has 0 aliphatic rings. The molecule has 1 amide bonds. The van der Waals surface area contributed by atoms with Crippen molar-refractivity contribution in [2.75, 3.05) is 5.32 Å². The molecule has 2 aromatic carbocycles. The van der Waals surface area contributed by atoms with Crippen molar-refractivity contribution in [2.24, 2.45) is 0 Å². The van der Waals surface area contributed by atoms with Gasteiger partial charge in [0.2, 0.25) is 0 Å². The number of nitrogens with zero attached hydrogens (tertiary/aromatic N) is 3. The predicted molar refractivity (Wildman–Crippen MR) is 104 cm³/mol. The average Bonchev–Trinajstić information content (AvgIpc) is 3.30. The topological polar surface area (TPSA) is 59.8 Å². The van der Waals surface area contributed by atoms with Crippen LogP contribution in [0.15, 0.2) is 72.2 Å². The first-order valence-corrected chi connectivity index (χ1v) is 9.02. The first-order chi connectivity index (χ1) is 12.7. The maximum atomic E-state index is 12.6. The van der Waals surface area contributed by atoms with Gasteiger partial charge >= 0.3 is 0 Å². The minimum absolute atomic E-state index is 0.210. The average molecular weight is 360 g/mol. The van der Waals surface area contributed by atoms with Crippen molar-refractivity contribution < 1.29 is 4.79 Å². The highest BCUT2D eigenvalue weighted by molar-refractivity contribution is 7.14. The highest BCUT2D eigenvalue weighted by Crippen LogP contribution is 2.25. The van der Waals surface area contributed by atoms with Gasteiger partial charge in [0, 0.05) is 10.9 Å². The van der Waals surface area contributed by atoms with Crippen LogP contribution in [0, 0.1) is 6.92 Å². The number of hydrogen-bond acceptors (Lipinski definition) is 4. The molecule has 1 N–H and O–H groups in total. The van der Waals surface area contributed by atoms with Crippen LogP contribution >= 0.6 is 11.3 Å². The number of hydrogen-bond donors (Lipinski definition) is 1. The molecule has 0 aliphatic heterocycles. The molecular formula is C20H16N4OS. The van der Waals surface area contributed by atoms with Crippen LogP contribution < -0.4 is 5.32 Å². The highest BCUT2D eigenvalue weighted by atomic mass is 32.1. The fourth-order valence-electron chi connectivity index (χ4n) is 2.70. The minimum atomic E-state index is -0.210. The normalized spacial score (nSPS) is 10.7. The number of nitrogens with one attached hydrogen (secondary N) is 1. The van der Waals surface area contributed by atoms with E-state index in [1.807, 2.05) is 73.0 Å². The van der Waals surface area contributed by atoms with Crippen molar-refractivity contribution in [3.05, 3.63) is 83.5 Å². The van der Waals surface area contributed by atoms with E-state index in [1.54, 1.807) is 10.9 Å². The van der Waals surface area contributed by atoms with Crippen LogP contribution in [0.1, 0.15) is 16.1 Å². The number of thiazole rings is 1. The van der Waals surface area contributed by atoms with Gasteiger partial charge in [0.25, 0.3) is 5.91 Å². The van der Waals surface area contributed by atoms with Gasteiger partial charge in [-0.15, -0.1) is 11.3 Å². The monoisotopic (exact) mass is 360 g/mol. The second-order valence-electron chi connectivity index (χ2n) is 5.75. The lowest BCUT2D eigenvalue weighted by Crippen LogP contribution is -2.13. The van der Waals surface area contributed by atoms with E-state index in [0.29, 0.717) is 10.7 Å². The van der Waals surface area contributed by atoms with Crippen LogP contribution in [0.5, 0.6) is 0 Å². The van der Waals surface area contributed by atoms with Crippen LogP contribution in [-0.2, 0) is 0 Å². The molecule has 26 heavy (non-hydrogen) atoms. The van der Waals surface area contributed by atoms with Gasteiger partial charge < -0.3 is 0 Å². The van der Waals surface area contributed by atoms with Crippen molar-refractivity contribution in [1.29, 1.82) is 0 Å². The molecule has 0 atom stereocenters.